The Kier molecular flexibility index (Phi) is 4.87. The van der Waals surface area contributed by atoms with Gasteiger partial charge in [-0.3, -0.25) is 0 Å². The van der Waals surface area contributed by atoms with Crippen LogP contribution in [0.5, 0.6) is 11.5 Å². The highest BCUT2D eigenvalue weighted by Gasteiger charge is 2.37. The first-order valence-electron chi connectivity index (χ1n) is 8.64. The van der Waals surface area contributed by atoms with Gasteiger partial charge in [-0.15, -0.1) is 0 Å². The molecule has 10 heteroatoms. The van der Waals surface area contributed by atoms with E-state index < -0.39 is 16.1 Å². The fourth-order valence-electron chi connectivity index (χ4n) is 3.35. The molecule has 1 aliphatic heterocycles. The zero-order valence-corrected chi connectivity index (χ0v) is 17.5. The van der Waals surface area contributed by atoms with Gasteiger partial charge < -0.3 is 13.9 Å². The van der Waals surface area contributed by atoms with E-state index in [1.165, 1.54) is 13.4 Å². The third kappa shape index (κ3) is 3.51. The van der Waals surface area contributed by atoms with Crippen molar-refractivity contribution < 1.29 is 22.3 Å². The number of hydrogen-bond acceptors (Lipinski definition) is 7. The van der Waals surface area contributed by atoms with Crippen LogP contribution in [0, 0.1) is 0 Å². The summed E-state index contributed by atoms with van der Waals surface area (Å²) in [6.45, 7) is 0. The highest BCUT2D eigenvalue weighted by Crippen LogP contribution is 2.40. The van der Waals surface area contributed by atoms with Gasteiger partial charge in [0.1, 0.15) is 16.6 Å². The van der Waals surface area contributed by atoms with Crippen molar-refractivity contribution in [2.75, 3.05) is 20.5 Å². The van der Waals surface area contributed by atoms with Gasteiger partial charge in [-0.25, -0.2) is 13.4 Å². The topological polar surface area (TPSA) is 94.2 Å². The maximum atomic E-state index is 12.4. The number of hydrogen-bond donors (Lipinski definition) is 0. The van der Waals surface area contributed by atoms with E-state index in [9.17, 15) is 8.42 Å². The summed E-state index contributed by atoms with van der Waals surface area (Å²) in [4.78, 5) is 4.44. The van der Waals surface area contributed by atoms with E-state index in [0.717, 1.165) is 16.1 Å². The molecule has 0 bridgehead atoms. The first kappa shape index (κ1) is 19.5. The molecule has 8 nitrogen and oxygen atoms in total. The molecular weight excluding hydrogens is 418 g/mol. The summed E-state index contributed by atoms with van der Waals surface area (Å²) in [7, 11) is -0.565. The zero-order valence-electron chi connectivity index (χ0n) is 15.9. The lowest BCUT2D eigenvalue weighted by molar-refractivity contribution is 0.355. The Morgan fingerprint density at radius 3 is 2.55 bits per heavy atom. The number of sulfonamides is 1. The molecule has 0 saturated heterocycles. The summed E-state index contributed by atoms with van der Waals surface area (Å²) < 4.78 is 41.9. The van der Waals surface area contributed by atoms with Crippen LogP contribution in [0.2, 0.25) is 5.15 Å². The van der Waals surface area contributed by atoms with Crippen LogP contribution in [-0.2, 0) is 10.0 Å². The molecule has 0 saturated carbocycles. The monoisotopic (exact) mass is 435 g/mol. The summed E-state index contributed by atoms with van der Waals surface area (Å²) >= 11 is 6.46. The molecule has 0 spiro atoms. The van der Waals surface area contributed by atoms with Gasteiger partial charge in [0.2, 0.25) is 10.0 Å². The standard InChI is InChI=1S/C19H18ClN3O5S/c1-26-17-8-11-7-12(19(20)21-13(11)10-18(17)27-2)15-9-14(16-5-4-6-28-16)22-23(15)29(3,24)25/h4-8,10,15H,9H2,1-3H3/t15-/m0/s1. The summed E-state index contributed by atoms with van der Waals surface area (Å²) in [5, 5.41) is 5.21. The van der Waals surface area contributed by atoms with Crippen molar-refractivity contribution in [3.05, 3.63) is 53.1 Å². The van der Waals surface area contributed by atoms with Crippen molar-refractivity contribution in [3.63, 3.8) is 0 Å². The van der Waals surface area contributed by atoms with Crippen molar-refractivity contribution in [1.29, 1.82) is 0 Å². The Labute approximate surface area is 172 Å². The molecule has 2 aromatic heterocycles. The van der Waals surface area contributed by atoms with E-state index in [1.54, 1.807) is 37.4 Å². The minimum atomic E-state index is -3.64. The van der Waals surface area contributed by atoms with Crippen molar-refractivity contribution >= 4 is 38.2 Å². The summed E-state index contributed by atoms with van der Waals surface area (Å²) in [6.07, 6.45) is 2.92. The van der Waals surface area contributed by atoms with Crippen LogP contribution >= 0.6 is 11.6 Å². The minimum Gasteiger partial charge on any atom is -0.493 e. The summed E-state index contributed by atoms with van der Waals surface area (Å²) in [5.74, 6) is 1.57. The van der Waals surface area contributed by atoms with E-state index in [1.807, 2.05) is 0 Å². The molecule has 0 fully saturated rings. The zero-order chi connectivity index (χ0) is 20.8. The largest absolute Gasteiger partial charge is 0.493 e. The van der Waals surface area contributed by atoms with Crippen LogP contribution in [0.4, 0.5) is 0 Å². The Morgan fingerprint density at radius 1 is 1.21 bits per heavy atom. The average molecular weight is 436 g/mol. The van der Waals surface area contributed by atoms with Crippen LogP contribution in [0.1, 0.15) is 23.8 Å². The number of hydrazone groups is 1. The van der Waals surface area contributed by atoms with E-state index in [2.05, 4.69) is 10.1 Å². The lowest BCUT2D eigenvalue weighted by Gasteiger charge is -2.22. The van der Waals surface area contributed by atoms with E-state index in [-0.39, 0.29) is 5.15 Å². The predicted molar refractivity (Wildman–Crippen MR) is 109 cm³/mol. The second-order valence-electron chi connectivity index (χ2n) is 6.55. The van der Waals surface area contributed by atoms with Crippen LogP contribution in [0.3, 0.4) is 0 Å². The quantitative estimate of drug-likeness (QED) is 0.568. The minimum absolute atomic E-state index is 0.194. The molecule has 1 atom stereocenters. The van der Waals surface area contributed by atoms with Gasteiger partial charge in [-0.1, -0.05) is 11.6 Å². The molecule has 152 valence electrons. The van der Waals surface area contributed by atoms with Crippen molar-refractivity contribution in [1.82, 2.24) is 9.40 Å². The van der Waals surface area contributed by atoms with Crippen LogP contribution < -0.4 is 9.47 Å². The average Bonchev–Trinajstić information content (AvgIpc) is 3.35. The maximum Gasteiger partial charge on any atom is 0.247 e. The van der Waals surface area contributed by atoms with Gasteiger partial charge in [0, 0.05) is 23.4 Å². The molecule has 4 rings (SSSR count). The molecule has 0 N–H and O–H groups in total. The van der Waals surface area contributed by atoms with Gasteiger partial charge in [-0.2, -0.15) is 9.52 Å². The molecule has 3 heterocycles. The number of ether oxygens (including phenoxy) is 2. The Balaban J connectivity index is 1.83. The van der Waals surface area contributed by atoms with Crippen molar-refractivity contribution in [2.45, 2.75) is 12.5 Å². The molecule has 0 radical (unpaired) electrons. The number of rotatable bonds is 5. The Hall–Kier alpha value is -2.78. The maximum absolute atomic E-state index is 12.4. The lowest BCUT2D eigenvalue weighted by atomic mass is 10.0. The fourth-order valence-corrected chi connectivity index (χ4v) is 4.51. The number of pyridine rings is 1. The first-order valence-corrected chi connectivity index (χ1v) is 10.9. The Morgan fingerprint density at radius 2 is 1.93 bits per heavy atom. The van der Waals surface area contributed by atoms with Crippen molar-refractivity contribution in [3.8, 4) is 11.5 Å². The number of furan rings is 1. The van der Waals surface area contributed by atoms with E-state index in [0.29, 0.717) is 40.5 Å². The first-order chi connectivity index (χ1) is 13.8. The molecule has 3 aromatic rings. The normalized spacial score (nSPS) is 16.9. The van der Waals surface area contributed by atoms with Gasteiger partial charge in [0.05, 0.1) is 38.3 Å². The Bertz CT molecular complexity index is 1210. The smallest absolute Gasteiger partial charge is 0.247 e. The molecule has 0 aliphatic carbocycles. The predicted octanol–water partition coefficient (Wildman–Crippen LogP) is 3.61. The third-order valence-electron chi connectivity index (χ3n) is 4.68. The number of fused-ring (bicyclic) bond motifs is 1. The van der Waals surface area contributed by atoms with E-state index in [4.69, 9.17) is 25.5 Å². The molecular formula is C19H18ClN3O5S. The molecule has 0 amide bonds. The highest BCUT2D eigenvalue weighted by molar-refractivity contribution is 7.88. The summed E-state index contributed by atoms with van der Waals surface area (Å²) in [6, 6.07) is 8.12. The van der Waals surface area contributed by atoms with Gasteiger partial charge in [0.15, 0.2) is 11.5 Å². The molecule has 1 aromatic carbocycles. The van der Waals surface area contributed by atoms with E-state index >= 15 is 0 Å². The molecule has 1 aliphatic rings. The fraction of sp³-hybridized carbons (Fsp3) is 0.263. The number of methoxy groups -OCH3 is 2. The second-order valence-corrected chi connectivity index (χ2v) is 8.75. The van der Waals surface area contributed by atoms with Crippen LogP contribution in [-0.4, -0.2) is 44.0 Å². The van der Waals surface area contributed by atoms with Gasteiger partial charge in [-0.05, 0) is 24.3 Å². The third-order valence-corrected chi connectivity index (χ3v) is 6.00. The molecule has 0 unspecified atom stereocenters. The summed E-state index contributed by atoms with van der Waals surface area (Å²) in [5.41, 5.74) is 1.67. The second kappa shape index (κ2) is 7.23. The van der Waals surface area contributed by atoms with Crippen LogP contribution in [0.25, 0.3) is 10.9 Å². The van der Waals surface area contributed by atoms with Crippen molar-refractivity contribution in [2.24, 2.45) is 5.10 Å². The lowest BCUT2D eigenvalue weighted by Crippen LogP contribution is -2.26. The number of halogens is 1. The van der Waals surface area contributed by atoms with Gasteiger partial charge in [0.25, 0.3) is 0 Å². The number of nitrogens with zero attached hydrogens (tertiary/aromatic N) is 3. The molecule has 29 heavy (non-hydrogen) atoms. The van der Waals surface area contributed by atoms with Crippen LogP contribution in [0.15, 0.2) is 46.1 Å². The van der Waals surface area contributed by atoms with Gasteiger partial charge >= 0.3 is 0 Å². The SMILES string of the molecule is COc1cc2cc([C@@H]3CC(c4ccco4)=NN3S(C)(=O)=O)c(Cl)nc2cc1OC. The number of aromatic nitrogens is 1. The highest BCUT2D eigenvalue weighted by atomic mass is 35.5. The number of benzene rings is 1.